The van der Waals surface area contributed by atoms with Gasteiger partial charge >= 0.3 is 6.09 Å². The molecule has 17 heavy (non-hydrogen) atoms. The molecule has 2 rings (SSSR count). The van der Waals surface area contributed by atoms with Gasteiger partial charge in [0.1, 0.15) is 6.61 Å². The first-order valence-corrected chi connectivity index (χ1v) is 5.02. The summed E-state index contributed by atoms with van der Waals surface area (Å²) in [6.45, 7) is 0.0729. The van der Waals surface area contributed by atoms with Crippen molar-refractivity contribution in [3.63, 3.8) is 0 Å². The zero-order valence-corrected chi connectivity index (χ0v) is 9.33. The lowest BCUT2D eigenvalue weighted by Gasteiger charge is -2.02. The van der Waals surface area contributed by atoms with E-state index in [2.05, 4.69) is 14.8 Å². The molecule has 2 aromatic heterocycles. The Bertz CT molecular complexity index is 536. The minimum atomic E-state index is -0.807. The molecule has 0 aliphatic heterocycles. The first-order valence-electron chi connectivity index (χ1n) is 5.02. The van der Waals surface area contributed by atoms with Crippen LogP contribution in [0, 0.1) is 0 Å². The predicted octanol–water partition coefficient (Wildman–Crippen LogP) is 1.08. The van der Waals surface area contributed by atoms with Crippen molar-refractivity contribution in [2.24, 2.45) is 12.8 Å². The topological polar surface area (TPSA) is 83.0 Å². The zero-order valence-electron chi connectivity index (χ0n) is 9.33. The molecule has 0 saturated carbocycles. The maximum absolute atomic E-state index is 10.5. The molecule has 0 bridgehead atoms. The van der Waals surface area contributed by atoms with Crippen molar-refractivity contribution in [2.75, 3.05) is 0 Å². The number of rotatable bonds is 3. The molecule has 0 atom stereocenters. The van der Waals surface area contributed by atoms with Crippen molar-refractivity contribution in [2.45, 2.75) is 6.61 Å². The second-order valence-corrected chi connectivity index (χ2v) is 3.52. The average Bonchev–Trinajstić information content (AvgIpc) is 2.74. The van der Waals surface area contributed by atoms with Crippen LogP contribution in [0.5, 0.6) is 0 Å². The van der Waals surface area contributed by atoms with Crippen LogP contribution in [-0.4, -0.2) is 20.9 Å². The Kier molecular flexibility index (Phi) is 3.04. The average molecular weight is 232 g/mol. The van der Waals surface area contributed by atoms with Gasteiger partial charge in [-0.05, 0) is 12.1 Å². The van der Waals surface area contributed by atoms with Crippen molar-refractivity contribution >= 4 is 6.09 Å². The van der Waals surface area contributed by atoms with Crippen LogP contribution in [0.2, 0.25) is 0 Å². The molecular weight excluding hydrogens is 220 g/mol. The monoisotopic (exact) mass is 232 g/mol. The number of aryl methyl sites for hydroxylation is 1. The highest BCUT2D eigenvalue weighted by Crippen LogP contribution is 2.15. The smallest absolute Gasteiger partial charge is 0.404 e. The Hall–Kier alpha value is -2.37. The van der Waals surface area contributed by atoms with E-state index in [1.54, 1.807) is 16.9 Å². The minimum Gasteiger partial charge on any atom is -0.443 e. The van der Waals surface area contributed by atoms with Gasteiger partial charge in [-0.1, -0.05) is 6.07 Å². The number of carbonyl (C=O) groups is 1. The number of pyridine rings is 1. The molecule has 2 heterocycles. The van der Waals surface area contributed by atoms with Crippen LogP contribution in [0.25, 0.3) is 11.3 Å². The van der Waals surface area contributed by atoms with Gasteiger partial charge in [0.05, 0.1) is 17.6 Å². The van der Waals surface area contributed by atoms with Crippen LogP contribution in [0.3, 0.4) is 0 Å². The van der Waals surface area contributed by atoms with Crippen molar-refractivity contribution in [1.82, 2.24) is 14.8 Å². The second kappa shape index (κ2) is 4.65. The van der Waals surface area contributed by atoms with Gasteiger partial charge in [-0.3, -0.25) is 4.68 Å². The summed E-state index contributed by atoms with van der Waals surface area (Å²) in [7, 11) is 1.84. The summed E-state index contributed by atoms with van der Waals surface area (Å²) in [6, 6.07) is 5.47. The van der Waals surface area contributed by atoms with E-state index >= 15 is 0 Å². The van der Waals surface area contributed by atoms with E-state index in [4.69, 9.17) is 5.73 Å². The van der Waals surface area contributed by atoms with Crippen LogP contribution in [-0.2, 0) is 18.4 Å². The molecule has 0 aliphatic rings. The lowest BCUT2D eigenvalue weighted by Crippen LogP contribution is -2.13. The Morgan fingerprint density at radius 3 is 3.00 bits per heavy atom. The molecule has 0 radical (unpaired) electrons. The van der Waals surface area contributed by atoms with Gasteiger partial charge in [0.15, 0.2) is 0 Å². The van der Waals surface area contributed by atoms with Crippen molar-refractivity contribution in [1.29, 1.82) is 0 Å². The number of aromatic nitrogens is 3. The minimum absolute atomic E-state index is 0.0729. The van der Waals surface area contributed by atoms with Gasteiger partial charge in [0.25, 0.3) is 0 Å². The number of primary amides is 1. The van der Waals surface area contributed by atoms with Gasteiger partial charge in [-0.2, -0.15) is 5.10 Å². The molecule has 0 fully saturated rings. The first kappa shape index (κ1) is 11.1. The van der Waals surface area contributed by atoms with E-state index < -0.39 is 6.09 Å². The SMILES string of the molecule is Cn1cc(-c2cccc(COC(N)=O)n2)cn1. The fourth-order valence-corrected chi connectivity index (χ4v) is 1.42. The molecule has 88 valence electrons. The van der Waals surface area contributed by atoms with Crippen LogP contribution in [0.1, 0.15) is 5.69 Å². The van der Waals surface area contributed by atoms with Crippen LogP contribution in [0.4, 0.5) is 4.79 Å². The van der Waals surface area contributed by atoms with Gasteiger partial charge in [-0.25, -0.2) is 9.78 Å². The number of amides is 1. The van der Waals surface area contributed by atoms with Crippen LogP contribution < -0.4 is 5.73 Å². The largest absolute Gasteiger partial charge is 0.443 e. The highest BCUT2D eigenvalue weighted by atomic mass is 16.5. The third kappa shape index (κ3) is 2.81. The maximum atomic E-state index is 10.5. The van der Waals surface area contributed by atoms with Gasteiger partial charge in [0.2, 0.25) is 0 Å². The summed E-state index contributed by atoms with van der Waals surface area (Å²) >= 11 is 0. The van der Waals surface area contributed by atoms with E-state index in [9.17, 15) is 4.79 Å². The summed E-state index contributed by atoms with van der Waals surface area (Å²) < 4.78 is 6.38. The summed E-state index contributed by atoms with van der Waals surface area (Å²) in [5.41, 5.74) is 7.23. The predicted molar refractivity (Wildman–Crippen MR) is 60.8 cm³/mol. The Balaban J connectivity index is 2.19. The number of hydrogen-bond donors (Lipinski definition) is 1. The number of nitrogens with zero attached hydrogens (tertiary/aromatic N) is 3. The first-order chi connectivity index (χ1) is 8.15. The van der Waals surface area contributed by atoms with Gasteiger partial charge in [-0.15, -0.1) is 0 Å². The van der Waals surface area contributed by atoms with Crippen molar-refractivity contribution < 1.29 is 9.53 Å². The quantitative estimate of drug-likeness (QED) is 0.858. The molecule has 1 amide bonds. The molecule has 2 aromatic rings. The van der Waals surface area contributed by atoms with Gasteiger partial charge < -0.3 is 10.5 Å². The Morgan fingerprint density at radius 1 is 1.53 bits per heavy atom. The number of carbonyl (C=O) groups excluding carboxylic acids is 1. The molecular formula is C11H12N4O2. The molecule has 0 unspecified atom stereocenters. The van der Waals surface area contributed by atoms with Crippen LogP contribution >= 0.6 is 0 Å². The maximum Gasteiger partial charge on any atom is 0.404 e. The van der Waals surface area contributed by atoms with E-state index in [0.29, 0.717) is 5.69 Å². The molecule has 2 N–H and O–H groups in total. The second-order valence-electron chi connectivity index (χ2n) is 3.52. The third-order valence-corrected chi connectivity index (χ3v) is 2.17. The highest BCUT2D eigenvalue weighted by molar-refractivity contribution is 5.64. The van der Waals surface area contributed by atoms with Crippen molar-refractivity contribution in [3.8, 4) is 11.3 Å². The van der Waals surface area contributed by atoms with Crippen molar-refractivity contribution in [3.05, 3.63) is 36.3 Å². The van der Waals surface area contributed by atoms with E-state index in [1.165, 1.54) is 0 Å². The Labute approximate surface area is 98.0 Å². The lowest BCUT2D eigenvalue weighted by molar-refractivity contribution is 0.149. The van der Waals surface area contributed by atoms with E-state index in [-0.39, 0.29) is 6.61 Å². The third-order valence-electron chi connectivity index (χ3n) is 2.17. The number of nitrogens with two attached hydrogens (primary N) is 1. The summed E-state index contributed by atoms with van der Waals surface area (Å²) in [4.78, 5) is 14.8. The van der Waals surface area contributed by atoms with E-state index in [0.717, 1.165) is 11.3 Å². The Morgan fingerprint density at radius 2 is 2.35 bits per heavy atom. The summed E-state index contributed by atoms with van der Waals surface area (Å²) in [5, 5.41) is 4.07. The highest BCUT2D eigenvalue weighted by Gasteiger charge is 2.04. The summed E-state index contributed by atoms with van der Waals surface area (Å²) in [6.07, 6.45) is 2.78. The van der Waals surface area contributed by atoms with Crippen LogP contribution in [0.15, 0.2) is 30.6 Å². The molecule has 0 spiro atoms. The normalized spacial score (nSPS) is 10.2. The fourth-order valence-electron chi connectivity index (χ4n) is 1.42. The van der Waals surface area contributed by atoms with Gasteiger partial charge in [0, 0.05) is 18.8 Å². The molecule has 6 nitrogen and oxygen atoms in total. The standard InChI is InChI=1S/C11H12N4O2/c1-15-6-8(5-13-15)10-4-2-3-9(14-10)7-17-11(12)16/h2-6H,7H2,1H3,(H2,12,16). The molecule has 6 heteroatoms. The van der Waals surface area contributed by atoms with E-state index in [1.807, 2.05) is 25.4 Å². The molecule has 0 aliphatic carbocycles. The lowest BCUT2D eigenvalue weighted by atomic mass is 10.2. The number of hydrogen-bond acceptors (Lipinski definition) is 4. The summed E-state index contributed by atoms with van der Waals surface area (Å²) in [5.74, 6) is 0. The number of ether oxygens (including phenoxy) is 1. The fraction of sp³-hybridized carbons (Fsp3) is 0.182. The zero-order chi connectivity index (χ0) is 12.3. The molecule has 0 saturated heterocycles. The molecule has 0 aromatic carbocycles.